The Hall–Kier alpha value is -1.16. The van der Waals surface area contributed by atoms with Crippen LogP contribution in [0.2, 0.25) is 0 Å². The average molecular weight is 486 g/mol. The van der Waals surface area contributed by atoms with Crippen LogP contribution in [0.15, 0.2) is 45.3 Å². The molecule has 0 aliphatic carbocycles. The maximum Gasteiger partial charge on any atom is 0.419 e. The van der Waals surface area contributed by atoms with Gasteiger partial charge < -0.3 is 0 Å². The van der Waals surface area contributed by atoms with E-state index in [9.17, 15) is 35.1 Å². The van der Waals surface area contributed by atoms with Gasteiger partial charge in [0.2, 0.25) is 0 Å². The molecule has 0 bridgehead atoms. The molecule has 0 nitrogen and oxygen atoms in total. The number of rotatable bonds is 0. The molecule has 24 heavy (non-hydrogen) atoms. The first-order valence-electron chi connectivity index (χ1n) is 5.87. The third kappa shape index (κ3) is 6.04. The molecule has 0 N–H and O–H groups in total. The summed E-state index contributed by atoms with van der Waals surface area (Å²) in [5, 5.41) is 0. The Morgan fingerprint density at radius 2 is 0.875 bits per heavy atom. The molecule has 0 unspecified atom stereocenters. The van der Waals surface area contributed by atoms with Gasteiger partial charge in [0, 0.05) is 8.95 Å². The highest BCUT2D eigenvalue weighted by atomic mass is 79.9. The summed E-state index contributed by atoms with van der Waals surface area (Å²) in [5.41, 5.74) is -2.49. The fourth-order valence-electron chi connectivity index (χ4n) is 1.44. The predicted octanol–water partition coefficient (Wildman–Crippen LogP) is 7.21. The van der Waals surface area contributed by atoms with E-state index in [4.69, 9.17) is 0 Å². The van der Waals surface area contributed by atoms with Crippen molar-refractivity contribution < 1.29 is 35.1 Å². The topological polar surface area (TPSA) is 0 Å². The molecule has 2 aromatic carbocycles. The lowest BCUT2D eigenvalue weighted by molar-refractivity contribution is -0.140. The molecular formula is C14H6Br2F8. The summed E-state index contributed by atoms with van der Waals surface area (Å²) >= 11 is 5.71. The second kappa shape index (κ2) is 7.81. The zero-order valence-electron chi connectivity index (χ0n) is 11.2. The molecule has 0 spiro atoms. The second-order valence-corrected chi connectivity index (χ2v) is 6.08. The van der Waals surface area contributed by atoms with Gasteiger partial charge in [0.05, 0.1) is 11.1 Å². The first kappa shape index (κ1) is 20.9. The predicted molar refractivity (Wildman–Crippen MR) is 78.2 cm³/mol. The van der Waals surface area contributed by atoms with Crippen molar-refractivity contribution in [1.29, 1.82) is 0 Å². The minimum atomic E-state index is -4.62. The molecule has 0 amide bonds. The molecule has 132 valence electrons. The van der Waals surface area contributed by atoms with Crippen molar-refractivity contribution in [1.82, 2.24) is 0 Å². The van der Waals surface area contributed by atoms with Crippen LogP contribution in [0.1, 0.15) is 11.1 Å². The molecule has 0 saturated carbocycles. The van der Waals surface area contributed by atoms with E-state index >= 15 is 0 Å². The Morgan fingerprint density at radius 3 is 1.08 bits per heavy atom. The summed E-state index contributed by atoms with van der Waals surface area (Å²) in [6.07, 6.45) is -9.24. The molecule has 0 aliphatic heterocycles. The molecule has 0 aliphatic rings. The van der Waals surface area contributed by atoms with Crippen LogP contribution in [0.25, 0.3) is 0 Å². The zero-order valence-corrected chi connectivity index (χ0v) is 14.4. The smallest absolute Gasteiger partial charge is 0.206 e. The number of benzene rings is 2. The Labute approximate surface area is 147 Å². The maximum absolute atomic E-state index is 12.6. The van der Waals surface area contributed by atoms with Crippen LogP contribution in [-0.2, 0) is 12.4 Å². The molecule has 0 atom stereocenters. The van der Waals surface area contributed by atoms with Crippen LogP contribution in [0.4, 0.5) is 35.1 Å². The molecule has 0 aromatic heterocycles. The average Bonchev–Trinajstić information content (AvgIpc) is 2.35. The standard InChI is InChI=1S/2C7H3BrF4/c2*8-4-1-2-5(6(9)3-4)7(10,11)12/h2*1-3H. The number of alkyl halides is 6. The van der Waals surface area contributed by atoms with E-state index in [0.29, 0.717) is 12.1 Å². The molecule has 0 fully saturated rings. The summed E-state index contributed by atoms with van der Waals surface area (Å²) < 4.78 is 97.3. The monoisotopic (exact) mass is 484 g/mol. The van der Waals surface area contributed by atoms with Crippen molar-refractivity contribution in [2.75, 3.05) is 0 Å². The number of halogens is 10. The van der Waals surface area contributed by atoms with Gasteiger partial charge in [-0.2, -0.15) is 26.3 Å². The van der Waals surface area contributed by atoms with E-state index in [1.807, 2.05) is 0 Å². The summed E-state index contributed by atoms with van der Waals surface area (Å²) in [5.74, 6) is -2.53. The summed E-state index contributed by atoms with van der Waals surface area (Å²) in [7, 11) is 0. The van der Waals surface area contributed by atoms with Gasteiger partial charge in [0.15, 0.2) is 0 Å². The van der Waals surface area contributed by atoms with Gasteiger partial charge in [-0.15, -0.1) is 0 Å². The fourth-order valence-corrected chi connectivity index (χ4v) is 2.11. The van der Waals surface area contributed by atoms with E-state index < -0.39 is 35.1 Å². The van der Waals surface area contributed by atoms with Gasteiger partial charge in [0.25, 0.3) is 0 Å². The molecule has 10 heteroatoms. The summed E-state index contributed by atoms with van der Waals surface area (Å²) in [6, 6.07) is 5.24. The van der Waals surface area contributed by atoms with Crippen molar-refractivity contribution >= 4 is 31.9 Å². The number of hydrogen-bond acceptors (Lipinski definition) is 0. The van der Waals surface area contributed by atoms with Crippen molar-refractivity contribution in [2.24, 2.45) is 0 Å². The minimum Gasteiger partial charge on any atom is -0.206 e. The quantitative estimate of drug-likeness (QED) is 0.346. The Balaban J connectivity index is 0.000000240. The highest BCUT2D eigenvalue weighted by molar-refractivity contribution is 9.10. The molecule has 2 aromatic rings. The van der Waals surface area contributed by atoms with Gasteiger partial charge in [0.1, 0.15) is 11.6 Å². The second-order valence-electron chi connectivity index (χ2n) is 4.24. The normalized spacial score (nSPS) is 11.8. The molecule has 2 rings (SSSR count). The van der Waals surface area contributed by atoms with Crippen LogP contribution in [0.5, 0.6) is 0 Å². The van der Waals surface area contributed by atoms with Crippen LogP contribution < -0.4 is 0 Å². The van der Waals surface area contributed by atoms with Crippen molar-refractivity contribution in [3.63, 3.8) is 0 Å². The maximum atomic E-state index is 12.6. The minimum absolute atomic E-state index is 0.285. The van der Waals surface area contributed by atoms with Crippen LogP contribution in [0, 0.1) is 11.6 Å². The third-order valence-corrected chi connectivity index (χ3v) is 3.46. The van der Waals surface area contributed by atoms with Crippen LogP contribution in [0.3, 0.4) is 0 Å². The van der Waals surface area contributed by atoms with Crippen LogP contribution in [-0.4, -0.2) is 0 Å². The first-order chi connectivity index (χ1) is 10.8. The van der Waals surface area contributed by atoms with Crippen LogP contribution >= 0.6 is 31.9 Å². The Kier molecular flexibility index (Phi) is 6.80. The van der Waals surface area contributed by atoms with E-state index in [2.05, 4.69) is 31.9 Å². The Morgan fingerprint density at radius 1 is 0.583 bits per heavy atom. The van der Waals surface area contributed by atoms with Gasteiger partial charge in [-0.05, 0) is 36.4 Å². The van der Waals surface area contributed by atoms with Crippen molar-refractivity contribution in [3.05, 3.63) is 68.1 Å². The van der Waals surface area contributed by atoms with Gasteiger partial charge in [-0.25, -0.2) is 8.78 Å². The van der Waals surface area contributed by atoms with Gasteiger partial charge in [-0.1, -0.05) is 31.9 Å². The van der Waals surface area contributed by atoms with E-state index in [1.165, 1.54) is 0 Å². The SMILES string of the molecule is Fc1cc(Br)ccc1C(F)(F)F.Fc1cc(Br)ccc1C(F)(F)F. The lowest BCUT2D eigenvalue weighted by Gasteiger charge is -2.06. The van der Waals surface area contributed by atoms with Gasteiger partial charge >= 0.3 is 12.4 Å². The third-order valence-electron chi connectivity index (χ3n) is 2.47. The molecule has 0 saturated heterocycles. The lowest BCUT2D eigenvalue weighted by Crippen LogP contribution is -2.07. The highest BCUT2D eigenvalue weighted by Gasteiger charge is 2.34. The summed E-state index contributed by atoms with van der Waals surface area (Å²) in [4.78, 5) is 0. The Bertz CT molecular complexity index is 645. The largest absolute Gasteiger partial charge is 0.419 e. The lowest BCUT2D eigenvalue weighted by atomic mass is 10.2. The van der Waals surface area contributed by atoms with E-state index in [0.717, 1.165) is 24.3 Å². The zero-order chi connectivity index (χ0) is 18.7. The highest BCUT2D eigenvalue weighted by Crippen LogP contribution is 2.33. The molecule has 0 heterocycles. The molecular weight excluding hydrogens is 480 g/mol. The van der Waals surface area contributed by atoms with Crippen molar-refractivity contribution in [2.45, 2.75) is 12.4 Å². The number of hydrogen-bond donors (Lipinski definition) is 0. The summed E-state index contributed by atoms with van der Waals surface area (Å²) in [6.45, 7) is 0. The van der Waals surface area contributed by atoms with Gasteiger partial charge in [-0.3, -0.25) is 0 Å². The molecule has 0 radical (unpaired) electrons. The van der Waals surface area contributed by atoms with E-state index in [1.54, 1.807) is 0 Å². The van der Waals surface area contributed by atoms with E-state index in [-0.39, 0.29) is 8.95 Å². The first-order valence-corrected chi connectivity index (χ1v) is 7.45. The van der Waals surface area contributed by atoms with Crippen molar-refractivity contribution in [3.8, 4) is 0 Å². The fraction of sp³-hybridized carbons (Fsp3) is 0.143.